The first-order valence-corrected chi connectivity index (χ1v) is 6.84. The molecule has 1 N–H and O–H groups in total. The minimum atomic E-state index is -0.207. The average Bonchev–Trinajstić information content (AvgIpc) is 2.76. The van der Waals surface area contributed by atoms with E-state index in [9.17, 15) is 4.39 Å². The summed E-state index contributed by atoms with van der Waals surface area (Å²) < 4.78 is 14.6. The van der Waals surface area contributed by atoms with Crippen molar-refractivity contribution in [2.24, 2.45) is 0 Å². The number of nitrogens with zero attached hydrogens (tertiary/aromatic N) is 1. The van der Waals surface area contributed by atoms with Crippen molar-refractivity contribution in [2.75, 3.05) is 5.32 Å². The number of aryl methyl sites for hydroxylation is 1. The number of hydrogen-bond acceptors (Lipinski definition) is 3. The molecule has 19 heavy (non-hydrogen) atoms. The summed E-state index contributed by atoms with van der Waals surface area (Å²) in [5, 5.41) is 3.98. The Kier molecular flexibility index (Phi) is 2.95. The first kappa shape index (κ1) is 12.1. The lowest BCUT2D eigenvalue weighted by atomic mass is 10.2. The van der Waals surface area contributed by atoms with Gasteiger partial charge in [-0.05, 0) is 43.7 Å². The maximum Gasteiger partial charge on any atom is 0.188 e. The number of fused-ring (bicyclic) bond motifs is 1. The molecule has 3 rings (SSSR count). The van der Waals surface area contributed by atoms with Gasteiger partial charge in [0.1, 0.15) is 5.82 Å². The number of hydrogen-bond donors (Lipinski definition) is 1. The number of rotatable bonds is 2. The van der Waals surface area contributed by atoms with E-state index >= 15 is 0 Å². The van der Waals surface area contributed by atoms with Gasteiger partial charge in [-0.3, -0.25) is 0 Å². The SMILES string of the molecule is Cc1ccc2sc(Nc3cccc(F)c3C)nc2c1. The number of nitrogens with one attached hydrogen (secondary N) is 1. The van der Waals surface area contributed by atoms with E-state index in [1.54, 1.807) is 24.3 Å². The van der Waals surface area contributed by atoms with E-state index in [2.05, 4.69) is 28.5 Å². The van der Waals surface area contributed by atoms with E-state index in [1.165, 1.54) is 11.6 Å². The van der Waals surface area contributed by atoms with Crippen LogP contribution in [0.2, 0.25) is 0 Å². The molecule has 0 bridgehead atoms. The van der Waals surface area contributed by atoms with Gasteiger partial charge in [0.05, 0.1) is 10.2 Å². The Morgan fingerprint density at radius 3 is 2.84 bits per heavy atom. The standard InChI is InChI=1S/C15H13FN2S/c1-9-6-7-14-13(8-9)18-15(19-14)17-12-5-3-4-11(16)10(12)2/h3-8H,1-2H3,(H,17,18). The van der Waals surface area contributed by atoms with Gasteiger partial charge in [0.2, 0.25) is 0 Å². The van der Waals surface area contributed by atoms with Gasteiger partial charge in [0, 0.05) is 11.3 Å². The molecular weight excluding hydrogens is 259 g/mol. The second-order valence-electron chi connectivity index (χ2n) is 4.53. The summed E-state index contributed by atoms with van der Waals surface area (Å²) in [6, 6.07) is 11.2. The van der Waals surface area contributed by atoms with Crippen molar-refractivity contribution in [3.8, 4) is 0 Å². The van der Waals surface area contributed by atoms with Gasteiger partial charge in [-0.25, -0.2) is 9.37 Å². The van der Waals surface area contributed by atoms with E-state index < -0.39 is 0 Å². The third-order valence-corrected chi connectivity index (χ3v) is 4.00. The Hall–Kier alpha value is -1.94. The molecule has 0 amide bonds. The highest BCUT2D eigenvalue weighted by atomic mass is 32.1. The third kappa shape index (κ3) is 2.31. The van der Waals surface area contributed by atoms with Crippen molar-refractivity contribution < 1.29 is 4.39 Å². The van der Waals surface area contributed by atoms with Crippen molar-refractivity contribution in [1.82, 2.24) is 4.98 Å². The summed E-state index contributed by atoms with van der Waals surface area (Å²) in [6.45, 7) is 3.80. The highest BCUT2D eigenvalue weighted by Gasteiger charge is 2.07. The minimum Gasteiger partial charge on any atom is -0.331 e. The van der Waals surface area contributed by atoms with Gasteiger partial charge < -0.3 is 5.32 Å². The molecule has 0 aliphatic carbocycles. The van der Waals surface area contributed by atoms with Crippen LogP contribution in [0.25, 0.3) is 10.2 Å². The van der Waals surface area contributed by atoms with Crippen LogP contribution in [0.1, 0.15) is 11.1 Å². The largest absolute Gasteiger partial charge is 0.331 e. The monoisotopic (exact) mass is 272 g/mol. The molecule has 0 radical (unpaired) electrons. The minimum absolute atomic E-state index is 0.207. The van der Waals surface area contributed by atoms with E-state index in [0.29, 0.717) is 5.56 Å². The predicted octanol–water partition coefficient (Wildman–Crippen LogP) is 4.80. The molecule has 1 aromatic heterocycles. The lowest BCUT2D eigenvalue weighted by molar-refractivity contribution is 0.619. The molecule has 0 atom stereocenters. The number of aromatic nitrogens is 1. The van der Waals surface area contributed by atoms with Crippen molar-refractivity contribution in [1.29, 1.82) is 0 Å². The molecule has 4 heteroatoms. The van der Waals surface area contributed by atoms with E-state index in [1.807, 2.05) is 13.0 Å². The summed E-state index contributed by atoms with van der Waals surface area (Å²) in [5.41, 5.74) is 3.53. The Morgan fingerprint density at radius 2 is 2.00 bits per heavy atom. The quantitative estimate of drug-likeness (QED) is 0.725. The van der Waals surface area contributed by atoms with Crippen LogP contribution in [-0.2, 0) is 0 Å². The van der Waals surface area contributed by atoms with Gasteiger partial charge in [0.25, 0.3) is 0 Å². The fourth-order valence-corrected chi connectivity index (χ4v) is 2.81. The van der Waals surface area contributed by atoms with Crippen molar-refractivity contribution in [3.63, 3.8) is 0 Å². The molecule has 0 aliphatic rings. The molecular formula is C15H13FN2S. The van der Waals surface area contributed by atoms with Gasteiger partial charge in [-0.1, -0.05) is 23.5 Å². The molecule has 0 fully saturated rings. The lowest BCUT2D eigenvalue weighted by Crippen LogP contribution is -1.94. The zero-order valence-corrected chi connectivity index (χ0v) is 11.5. The average molecular weight is 272 g/mol. The maximum atomic E-state index is 13.5. The fourth-order valence-electron chi connectivity index (χ4n) is 1.95. The van der Waals surface area contributed by atoms with Crippen molar-refractivity contribution in [2.45, 2.75) is 13.8 Å². The summed E-state index contributed by atoms with van der Waals surface area (Å²) >= 11 is 1.57. The maximum absolute atomic E-state index is 13.5. The van der Waals surface area contributed by atoms with Crippen LogP contribution in [0, 0.1) is 19.7 Å². The predicted molar refractivity (Wildman–Crippen MR) is 78.8 cm³/mol. The Balaban J connectivity index is 1.99. The first-order chi connectivity index (χ1) is 9.13. The molecule has 0 aliphatic heterocycles. The van der Waals surface area contributed by atoms with E-state index in [-0.39, 0.29) is 5.82 Å². The van der Waals surface area contributed by atoms with Gasteiger partial charge in [0.15, 0.2) is 5.13 Å². The molecule has 1 heterocycles. The van der Waals surface area contributed by atoms with Gasteiger partial charge in [-0.15, -0.1) is 0 Å². The van der Waals surface area contributed by atoms with Gasteiger partial charge >= 0.3 is 0 Å². The highest BCUT2D eigenvalue weighted by molar-refractivity contribution is 7.22. The molecule has 3 aromatic rings. The Morgan fingerprint density at radius 1 is 1.16 bits per heavy atom. The normalized spacial score (nSPS) is 10.9. The zero-order valence-electron chi connectivity index (χ0n) is 10.7. The lowest BCUT2D eigenvalue weighted by Gasteiger charge is -2.06. The first-order valence-electron chi connectivity index (χ1n) is 6.03. The van der Waals surface area contributed by atoms with Crippen LogP contribution in [0.4, 0.5) is 15.2 Å². The number of halogens is 1. The van der Waals surface area contributed by atoms with E-state index in [0.717, 1.165) is 21.0 Å². The van der Waals surface area contributed by atoms with E-state index in [4.69, 9.17) is 0 Å². The van der Waals surface area contributed by atoms with Crippen LogP contribution in [0.3, 0.4) is 0 Å². The molecule has 0 saturated heterocycles. The second-order valence-corrected chi connectivity index (χ2v) is 5.56. The summed E-state index contributed by atoms with van der Waals surface area (Å²) in [5.74, 6) is -0.207. The summed E-state index contributed by atoms with van der Waals surface area (Å²) in [6.07, 6.45) is 0. The van der Waals surface area contributed by atoms with Crippen LogP contribution < -0.4 is 5.32 Å². The molecule has 96 valence electrons. The van der Waals surface area contributed by atoms with Crippen LogP contribution in [0.15, 0.2) is 36.4 Å². The molecule has 0 saturated carbocycles. The Bertz CT molecular complexity index is 749. The number of thiazole rings is 1. The second kappa shape index (κ2) is 4.63. The zero-order chi connectivity index (χ0) is 13.4. The smallest absolute Gasteiger partial charge is 0.188 e. The van der Waals surface area contributed by atoms with Crippen molar-refractivity contribution >= 4 is 32.4 Å². The Labute approximate surface area is 114 Å². The highest BCUT2D eigenvalue weighted by Crippen LogP contribution is 2.30. The molecule has 2 aromatic carbocycles. The number of benzene rings is 2. The topological polar surface area (TPSA) is 24.9 Å². The summed E-state index contributed by atoms with van der Waals surface area (Å²) in [7, 11) is 0. The molecule has 0 unspecified atom stereocenters. The van der Waals surface area contributed by atoms with Crippen LogP contribution in [0.5, 0.6) is 0 Å². The molecule has 0 spiro atoms. The van der Waals surface area contributed by atoms with Gasteiger partial charge in [-0.2, -0.15) is 0 Å². The fraction of sp³-hybridized carbons (Fsp3) is 0.133. The third-order valence-electron chi connectivity index (χ3n) is 3.05. The van der Waals surface area contributed by atoms with Crippen LogP contribution in [-0.4, -0.2) is 4.98 Å². The van der Waals surface area contributed by atoms with Crippen LogP contribution >= 0.6 is 11.3 Å². The summed E-state index contributed by atoms with van der Waals surface area (Å²) in [4.78, 5) is 4.52. The number of anilines is 2. The van der Waals surface area contributed by atoms with Crippen molar-refractivity contribution in [3.05, 3.63) is 53.3 Å². The molecule has 2 nitrogen and oxygen atoms in total.